The van der Waals surface area contributed by atoms with Gasteiger partial charge in [-0.15, -0.1) is 0 Å². The molecule has 0 aliphatic heterocycles. The highest BCUT2D eigenvalue weighted by molar-refractivity contribution is 6.32. The molecule has 1 aliphatic rings. The smallest absolute Gasteiger partial charge is 0.0625 e. The van der Waals surface area contributed by atoms with Gasteiger partial charge >= 0.3 is 0 Å². The van der Waals surface area contributed by atoms with Crippen molar-refractivity contribution in [3.63, 3.8) is 0 Å². The maximum atomic E-state index is 3.74. The van der Waals surface area contributed by atoms with E-state index in [1.54, 1.807) is 0 Å². The van der Waals surface area contributed by atoms with Gasteiger partial charge in [-0.1, -0.05) is 129 Å². The molecule has 0 fully saturated rings. The van der Waals surface area contributed by atoms with Gasteiger partial charge in [0.1, 0.15) is 0 Å². The van der Waals surface area contributed by atoms with Crippen LogP contribution in [0, 0.1) is 0 Å². The standard InChI is InChI=1S/C45H32N2/c1-45(2)39-26-29(46-41-20-11-13-28-12-3-4-14-31(28)41)22-24-34(39)35-25-23-30(27-40(35)45)47-42-21-10-9-19-38(42)43-36-17-7-5-15-32(36)33-16-6-8-18-37(33)44(43)47/h3-27,46H,1-2H3. The number of nitrogens with zero attached hydrogens (tertiary/aromatic N) is 1. The van der Waals surface area contributed by atoms with Gasteiger partial charge in [-0.3, -0.25) is 0 Å². The van der Waals surface area contributed by atoms with E-state index >= 15 is 0 Å². The molecule has 2 heteroatoms. The summed E-state index contributed by atoms with van der Waals surface area (Å²) >= 11 is 0. The van der Waals surface area contributed by atoms with E-state index < -0.39 is 0 Å². The maximum absolute atomic E-state index is 3.74. The molecule has 0 unspecified atom stereocenters. The van der Waals surface area contributed by atoms with Crippen molar-refractivity contribution in [1.82, 2.24) is 4.57 Å². The van der Waals surface area contributed by atoms with Gasteiger partial charge < -0.3 is 9.88 Å². The van der Waals surface area contributed by atoms with E-state index in [4.69, 9.17) is 0 Å². The minimum absolute atomic E-state index is 0.162. The highest BCUT2D eigenvalue weighted by atomic mass is 15.0. The van der Waals surface area contributed by atoms with Crippen LogP contribution in [0.15, 0.2) is 152 Å². The summed E-state index contributed by atoms with van der Waals surface area (Å²) in [5, 5.41) is 14.0. The topological polar surface area (TPSA) is 17.0 Å². The van der Waals surface area contributed by atoms with Gasteiger partial charge in [0, 0.05) is 44.0 Å². The molecule has 0 radical (unpaired) electrons. The van der Waals surface area contributed by atoms with E-state index in [2.05, 4.69) is 175 Å². The lowest BCUT2D eigenvalue weighted by Gasteiger charge is -2.23. The van der Waals surface area contributed by atoms with Crippen molar-refractivity contribution in [1.29, 1.82) is 0 Å². The number of rotatable bonds is 3. The molecule has 2 nitrogen and oxygen atoms in total. The van der Waals surface area contributed by atoms with Gasteiger partial charge in [0.05, 0.1) is 11.0 Å². The normalized spacial score (nSPS) is 13.5. The Kier molecular flexibility index (Phi) is 5.37. The predicted octanol–water partition coefficient (Wildman–Crippen LogP) is 12.3. The largest absolute Gasteiger partial charge is 0.355 e. The molecule has 10 rings (SSSR count). The summed E-state index contributed by atoms with van der Waals surface area (Å²) in [5.41, 5.74) is 11.1. The monoisotopic (exact) mass is 600 g/mol. The lowest BCUT2D eigenvalue weighted by molar-refractivity contribution is 0.660. The van der Waals surface area contributed by atoms with Gasteiger partial charge in [0.25, 0.3) is 0 Å². The van der Waals surface area contributed by atoms with E-state index in [1.807, 2.05) is 0 Å². The van der Waals surface area contributed by atoms with Gasteiger partial charge in [-0.05, 0) is 80.2 Å². The van der Waals surface area contributed by atoms with Crippen molar-refractivity contribution >= 4 is 65.5 Å². The van der Waals surface area contributed by atoms with Gasteiger partial charge in [0.2, 0.25) is 0 Å². The van der Waals surface area contributed by atoms with Crippen molar-refractivity contribution in [2.24, 2.45) is 0 Å². The molecule has 1 heterocycles. The molecular formula is C45H32N2. The molecule has 0 bridgehead atoms. The molecule has 1 N–H and O–H groups in total. The highest BCUT2D eigenvalue weighted by Gasteiger charge is 2.36. The zero-order valence-electron chi connectivity index (χ0n) is 26.4. The van der Waals surface area contributed by atoms with Crippen LogP contribution in [0.2, 0.25) is 0 Å². The van der Waals surface area contributed by atoms with Gasteiger partial charge in [-0.25, -0.2) is 0 Å². The van der Waals surface area contributed by atoms with Crippen molar-refractivity contribution < 1.29 is 0 Å². The van der Waals surface area contributed by atoms with E-state index in [0.29, 0.717) is 0 Å². The summed E-state index contributed by atoms with van der Waals surface area (Å²) in [6, 6.07) is 55.7. The summed E-state index contributed by atoms with van der Waals surface area (Å²) in [6.45, 7) is 4.75. The molecule has 9 aromatic rings. The Bertz CT molecular complexity index is 2740. The first-order valence-corrected chi connectivity index (χ1v) is 16.5. The Hall–Kier alpha value is -5.86. The second-order valence-corrected chi connectivity index (χ2v) is 13.4. The van der Waals surface area contributed by atoms with E-state index in [0.717, 1.165) is 11.4 Å². The Labute approximate surface area is 273 Å². The summed E-state index contributed by atoms with van der Waals surface area (Å²) in [6.07, 6.45) is 0. The Morgan fingerprint density at radius 3 is 1.89 bits per heavy atom. The van der Waals surface area contributed by atoms with Crippen LogP contribution in [0.1, 0.15) is 25.0 Å². The van der Waals surface area contributed by atoms with Crippen molar-refractivity contribution in [3.05, 3.63) is 163 Å². The van der Waals surface area contributed by atoms with Gasteiger partial charge in [0.15, 0.2) is 0 Å². The molecule has 0 spiro atoms. The van der Waals surface area contributed by atoms with Crippen molar-refractivity contribution in [2.45, 2.75) is 19.3 Å². The third kappa shape index (κ3) is 3.67. The Balaban J connectivity index is 1.16. The fourth-order valence-electron chi connectivity index (χ4n) is 8.33. The second-order valence-electron chi connectivity index (χ2n) is 13.4. The van der Waals surface area contributed by atoms with Crippen molar-refractivity contribution in [3.8, 4) is 16.8 Å². The Morgan fingerprint density at radius 2 is 1.09 bits per heavy atom. The van der Waals surface area contributed by atoms with Crippen LogP contribution in [0.5, 0.6) is 0 Å². The molecule has 1 aromatic heterocycles. The second kappa shape index (κ2) is 9.57. The fourth-order valence-corrected chi connectivity index (χ4v) is 8.33. The molecule has 0 saturated heterocycles. The molecule has 47 heavy (non-hydrogen) atoms. The third-order valence-corrected chi connectivity index (χ3v) is 10.5. The first kappa shape index (κ1) is 26.4. The quantitative estimate of drug-likeness (QED) is 0.200. The lowest BCUT2D eigenvalue weighted by Crippen LogP contribution is -2.15. The highest BCUT2D eigenvalue weighted by Crippen LogP contribution is 2.51. The first-order valence-electron chi connectivity index (χ1n) is 16.5. The number of anilines is 2. The van der Waals surface area contributed by atoms with Crippen LogP contribution in [0.3, 0.4) is 0 Å². The van der Waals surface area contributed by atoms with Gasteiger partial charge in [-0.2, -0.15) is 0 Å². The minimum atomic E-state index is -0.162. The van der Waals surface area contributed by atoms with E-state index in [9.17, 15) is 0 Å². The summed E-state index contributed by atoms with van der Waals surface area (Å²) < 4.78 is 2.51. The van der Waals surface area contributed by atoms with E-state index in [1.165, 1.54) is 82.1 Å². The molecule has 222 valence electrons. The lowest BCUT2D eigenvalue weighted by atomic mass is 9.82. The maximum Gasteiger partial charge on any atom is 0.0625 e. The SMILES string of the molecule is CC1(C)c2cc(Nc3cccc4ccccc34)ccc2-c2ccc(-n3c4ccccc4c4c5ccccc5c5ccccc5c43)cc21. The Morgan fingerprint density at radius 1 is 0.489 bits per heavy atom. The number of benzene rings is 8. The molecular weight excluding hydrogens is 569 g/mol. The molecule has 0 saturated carbocycles. The van der Waals surface area contributed by atoms with Crippen LogP contribution in [0.4, 0.5) is 11.4 Å². The third-order valence-electron chi connectivity index (χ3n) is 10.5. The predicted molar refractivity (Wildman–Crippen MR) is 201 cm³/mol. The number of fused-ring (bicyclic) bond motifs is 12. The molecule has 1 aliphatic carbocycles. The van der Waals surface area contributed by atoms with Crippen LogP contribution in [0.25, 0.3) is 70.9 Å². The van der Waals surface area contributed by atoms with Crippen LogP contribution >= 0.6 is 0 Å². The number of hydrogen-bond acceptors (Lipinski definition) is 1. The zero-order chi connectivity index (χ0) is 31.3. The van der Waals surface area contributed by atoms with E-state index in [-0.39, 0.29) is 5.41 Å². The van der Waals surface area contributed by atoms with Crippen LogP contribution in [-0.4, -0.2) is 4.57 Å². The van der Waals surface area contributed by atoms with Crippen molar-refractivity contribution in [2.75, 3.05) is 5.32 Å². The summed E-state index contributed by atoms with van der Waals surface area (Å²) in [5.74, 6) is 0. The average molecular weight is 601 g/mol. The van der Waals surface area contributed by atoms with Crippen LogP contribution < -0.4 is 5.32 Å². The molecule has 8 aromatic carbocycles. The number of hydrogen-bond donors (Lipinski definition) is 1. The molecule has 0 atom stereocenters. The average Bonchev–Trinajstić information content (AvgIpc) is 3.58. The zero-order valence-corrected chi connectivity index (χ0v) is 26.4. The fraction of sp³-hybridized carbons (Fsp3) is 0.0667. The number of aromatic nitrogens is 1. The number of nitrogens with one attached hydrogen (secondary N) is 1. The van der Waals surface area contributed by atoms with Crippen LogP contribution in [-0.2, 0) is 5.41 Å². The minimum Gasteiger partial charge on any atom is -0.355 e. The summed E-state index contributed by atoms with van der Waals surface area (Å²) in [4.78, 5) is 0. The summed E-state index contributed by atoms with van der Waals surface area (Å²) in [7, 11) is 0. The molecule has 0 amide bonds. The number of para-hydroxylation sites is 1. The first-order chi connectivity index (χ1) is 23.1.